The molecule has 572 valence electrons. The minimum absolute atomic E-state index is 0.195. The number of carbonyl (C=O) groups excluding carboxylic acids is 4. The summed E-state index contributed by atoms with van der Waals surface area (Å²) in [5.74, 6) is -2.96. The third-order valence-electron chi connectivity index (χ3n) is 17.9. The van der Waals surface area contributed by atoms with Crippen LogP contribution in [-0.4, -0.2) is 397 Å². The molecule has 4 amide bonds. The maximum Gasteiger partial charge on any atom is 0.217 e. The first-order valence-corrected chi connectivity index (χ1v) is 32.4. The van der Waals surface area contributed by atoms with Gasteiger partial charge in [0, 0.05) is 34.3 Å². The van der Waals surface area contributed by atoms with E-state index in [4.69, 9.17) is 81.5 Å². The van der Waals surface area contributed by atoms with Gasteiger partial charge in [0.15, 0.2) is 50.3 Å². The Kier molecular flexibility index (Phi) is 30.3. The van der Waals surface area contributed by atoms with Gasteiger partial charge < -0.3 is 190 Å². The predicted molar refractivity (Wildman–Crippen MR) is 313 cm³/mol. The second-order valence-electron chi connectivity index (χ2n) is 25.2. The van der Waals surface area contributed by atoms with E-state index in [0.717, 1.165) is 40.5 Å². The number of amides is 4. The van der Waals surface area contributed by atoms with Crippen LogP contribution in [0.1, 0.15) is 47.0 Å². The molecule has 0 radical (unpaired) electrons. The summed E-state index contributed by atoms with van der Waals surface area (Å²) >= 11 is 0. The highest BCUT2D eigenvalue weighted by Gasteiger charge is 2.58. The Morgan fingerprint density at radius 3 is 0.889 bits per heavy atom. The number of hydrogen-bond donors (Lipinski definition) is 22. The zero-order valence-corrected chi connectivity index (χ0v) is 54.3. The molecule has 0 spiro atoms. The summed E-state index contributed by atoms with van der Waals surface area (Å²) in [6.45, 7) is -0.966. The van der Waals surface area contributed by atoms with E-state index in [1.807, 2.05) is 0 Å². The van der Waals surface area contributed by atoms with Crippen LogP contribution in [0.25, 0.3) is 0 Å². The van der Waals surface area contributed by atoms with E-state index in [-0.39, 0.29) is 13.2 Å². The Hall–Kier alpha value is -3.48. The summed E-state index contributed by atoms with van der Waals surface area (Å²) in [5.41, 5.74) is 5.53. The first-order valence-electron chi connectivity index (χ1n) is 32.4. The van der Waals surface area contributed by atoms with E-state index in [0.29, 0.717) is 13.0 Å². The number of unbranched alkanes of at least 4 members (excludes halogenated alkanes) is 2. The Morgan fingerprint density at radius 1 is 0.333 bits per heavy atom. The molecule has 8 aliphatic heterocycles. The summed E-state index contributed by atoms with van der Waals surface area (Å²) in [6, 6.07) is -6.26. The Labute approximate surface area is 565 Å². The topological polar surface area (TPSA) is 634 Å². The number of rotatable bonds is 28. The SMILES string of the molecule is CC(=O)NC1[C@@H](O[C@@H]2CO[C@@H](O[C@@H]3C(CO)O[C@H](O[C@@H]4CO[C@@H](O[C@@H]5C(CO)O[C@H](O[C@@H]6CO[C@@H](O[C@@H]7C(CO)O[C@H](O[C@@H]8CO[C@@H](OCCCCCN)C(O)[C@@H]8O)C(NC(C)=O)[C@H]7O)C(O)[C@@H]6O)C(NC(C)=O)[C@H]5O)C(O)[C@@H]4O)C(NC(C)=O)[C@H]3O)C(O)[C@@H]2O)OC(CO)[C@@H](O)[C@@H]1O. The molecule has 0 aliphatic carbocycles. The zero-order chi connectivity index (χ0) is 72.4. The summed E-state index contributed by atoms with van der Waals surface area (Å²) in [4.78, 5) is 49.6. The van der Waals surface area contributed by atoms with Gasteiger partial charge in [0.2, 0.25) is 23.6 Å². The fraction of sp³-hybridized carbons (Fsp3) is 0.930. The van der Waals surface area contributed by atoms with Crippen molar-refractivity contribution in [2.75, 3.05) is 66.0 Å². The van der Waals surface area contributed by atoms with Crippen molar-refractivity contribution >= 4 is 23.6 Å². The second kappa shape index (κ2) is 37.0. The smallest absolute Gasteiger partial charge is 0.217 e. The van der Waals surface area contributed by atoms with Gasteiger partial charge in [-0.05, 0) is 25.8 Å². The normalized spacial score (nSPS) is 46.0. The van der Waals surface area contributed by atoms with Crippen LogP contribution in [0, 0.1) is 0 Å². The van der Waals surface area contributed by atoms with Crippen molar-refractivity contribution in [3.05, 3.63) is 0 Å². The molecular formula is C57H97N5O37. The maximum atomic E-state index is 12.7. The van der Waals surface area contributed by atoms with Crippen LogP contribution in [0.5, 0.6) is 0 Å². The third-order valence-corrected chi connectivity index (χ3v) is 17.9. The monoisotopic (exact) mass is 1440 g/mol. The van der Waals surface area contributed by atoms with Gasteiger partial charge in [-0.15, -0.1) is 0 Å². The first kappa shape index (κ1) is 81.2. The van der Waals surface area contributed by atoms with Crippen molar-refractivity contribution in [3.63, 3.8) is 0 Å². The highest BCUT2D eigenvalue weighted by molar-refractivity contribution is 5.74. The number of hydrogen-bond acceptors (Lipinski definition) is 38. The molecule has 42 nitrogen and oxygen atoms in total. The molecule has 8 heterocycles. The van der Waals surface area contributed by atoms with Crippen molar-refractivity contribution in [2.45, 2.75) is 268 Å². The summed E-state index contributed by atoms with van der Waals surface area (Å²) in [7, 11) is 0. The minimum atomic E-state index is -2.11. The van der Waals surface area contributed by atoms with E-state index in [1.165, 1.54) is 0 Å². The average Bonchev–Trinajstić information content (AvgIpc) is 0.788. The molecule has 8 saturated heterocycles. The van der Waals surface area contributed by atoms with Gasteiger partial charge in [-0.2, -0.15) is 0 Å². The number of nitrogens with one attached hydrogen (secondary N) is 4. The van der Waals surface area contributed by atoms with Gasteiger partial charge in [0.25, 0.3) is 0 Å². The molecule has 8 aliphatic rings. The van der Waals surface area contributed by atoms with Crippen molar-refractivity contribution in [1.82, 2.24) is 21.3 Å². The van der Waals surface area contributed by atoms with Gasteiger partial charge >= 0.3 is 0 Å². The van der Waals surface area contributed by atoms with Crippen LogP contribution in [0.15, 0.2) is 0 Å². The van der Waals surface area contributed by atoms with Gasteiger partial charge in [0.05, 0.1) is 52.9 Å². The standard InChI is InChI=1S/C57H97N5O37/c1-18(67)59-30-39(76)34(71)22(10-63)89-50(30)93-27-15-86-55(44(81)36(27)73)97-48-24(12-65)91-52(32(41(48)78)61-20(3)69)95-29-17-88-57(46(83)38(29)75)99-49-25(13-66)92-53(33(42(49)79)62-21(4)70)96-28-16-87-56(45(82)37(28)74)98-47-23(11-64)90-51(31(40(47)77)60-19(2)68)94-26-14-85-54(43(80)35(26)72)84-9-7-5-6-8-58/h22-57,63-66,71-83H,5-17,58H2,1-4H3,(H,59,67)(H,60,68)(H,61,69)(H,62,70)/t22?,23?,24?,25?,26-,27-,28-,29-,30?,31?,32?,33?,34-,35-,36-,37-,38-,39-,40-,41-,42-,43?,44?,45?,46?,47-,48-,49-,50-,51-,52-,53-,54-,55+,56+,57+/m1/s1. The lowest BCUT2D eigenvalue weighted by atomic mass is 9.95. The van der Waals surface area contributed by atoms with Crippen molar-refractivity contribution in [3.8, 4) is 0 Å². The van der Waals surface area contributed by atoms with Crippen LogP contribution >= 0.6 is 0 Å². The highest BCUT2D eigenvalue weighted by Crippen LogP contribution is 2.37. The fourth-order valence-corrected chi connectivity index (χ4v) is 12.6. The van der Waals surface area contributed by atoms with E-state index < -0.39 is 291 Å². The van der Waals surface area contributed by atoms with Crippen LogP contribution in [-0.2, 0) is 95.0 Å². The number of aliphatic hydroxyl groups is 17. The van der Waals surface area contributed by atoms with Crippen molar-refractivity contribution in [2.24, 2.45) is 5.73 Å². The Balaban J connectivity index is 0.853. The van der Waals surface area contributed by atoms with Gasteiger partial charge in [-0.1, -0.05) is 0 Å². The molecule has 0 aromatic heterocycles. The van der Waals surface area contributed by atoms with E-state index in [9.17, 15) is 106 Å². The second-order valence-corrected chi connectivity index (χ2v) is 25.2. The van der Waals surface area contributed by atoms with Crippen LogP contribution in [0.3, 0.4) is 0 Å². The molecule has 23 N–H and O–H groups in total. The molecule has 0 aromatic rings. The first-order chi connectivity index (χ1) is 47.0. The van der Waals surface area contributed by atoms with Gasteiger partial charge in [0.1, 0.15) is 171 Å². The molecule has 8 fully saturated rings. The number of ether oxygens (including phenoxy) is 16. The largest absolute Gasteiger partial charge is 0.394 e. The third kappa shape index (κ3) is 19.5. The summed E-state index contributed by atoms with van der Waals surface area (Å²) in [5, 5.41) is 197. The quantitative estimate of drug-likeness (QED) is 0.0324. The summed E-state index contributed by atoms with van der Waals surface area (Å²) < 4.78 is 93.0. The summed E-state index contributed by atoms with van der Waals surface area (Å²) in [6.07, 6.45) is -53.3. The lowest BCUT2D eigenvalue weighted by Gasteiger charge is -2.49. The average molecular weight is 1440 g/mol. The molecule has 36 atom stereocenters. The lowest BCUT2D eigenvalue weighted by molar-refractivity contribution is -0.371. The van der Waals surface area contributed by atoms with Crippen LogP contribution in [0.4, 0.5) is 0 Å². The molecule has 0 bridgehead atoms. The molecule has 42 heteroatoms. The fourth-order valence-electron chi connectivity index (χ4n) is 12.6. The van der Waals surface area contributed by atoms with Crippen molar-refractivity contribution in [1.29, 1.82) is 0 Å². The molecule has 12 unspecified atom stereocenters. The van der Waals surface area contributed by atoms with E-state index >= 15 is 0 Å². The Morgan fingerprint density at radius 2 is 0.606 bits per heavy atom. The molecule has 0 saturated carbocycles. The highest BCUT2D eigenvalue weighted by atomic mass is 16.8. The molecule has 8 rings (SSSR count). The number of carbonyl (C=O) groups is 4. The lowest BCUT2D eigenvalue weighted by Crippen LogP contribution is -2.69. The zero-order valence-electron chi connectivity index (χ0n) is 54.3. The van der Waals surface area contributed by atoms with Gasteiger partial charge in [-0.25, -0.2) is 0 Å². The molecule has 0 aromatic carbocycles. The van der Waals surface area contributed by atoms with Crippen LogP contribution < -0.4 is 27.0 Å². The van der Waals surface area contributed by atoms with E-state index in [2.05, 4.69) is 21.3 Å². The molecule has 99 heavy (non-hydrogen) atoms. The van der Waals surface area contributed by atoms with Gasteiger partial charge in [-0.3, -0.25) is 19.2 Å². The van der Waals surface area contributed by atoms with E-state index in [1.54, 1.807) is 0 Å². The minimum Gasteiger partial charge on any atom is -0.394 e. The van der Waals surface area contributed by atoms with Crippen molar-refractivity contribution < 1.29 is 182 Å². The molecular weight excluding hydrogens is 1350 g/mol. The Bertz CT molecular complexity index is 2530. The maximum absolute atomic E-state index is 12.7. The predicted octanol–water partition coefficient (Wildman–Crippen LogP) is -14.2. The number of nitrogens with two attached hydrogens (primary N) is 1. The van der Waals surface area contributed by atoms with Crippen LogP contribution in [0.2, 0.25) is 0 Å². The number of aliphatic hydroxyl groups excluding tert-OH is 17.